The van der Waals surface area contributed by atoms with E-state index in [4.69, 9.17) is 4.74 Å². The van der Waals surface area contributed by atoms with E-state index in [1.807, 2.05) is 27.7 Å². The molecule has 17 heavy (non-hydrogen) atoms. The van der Waals surface area contributed by atoms with Gasteiger partial charge in [-0.25, -0.2) is 0 Å². The van der Waals surface area contributed by atoms with Crippen LogP contribution in [0.5, 0.6) is 0 Å². The van der Waals surface area contributed by atoms with Gasteiger partial charge in [0.15, 0.2) is 0 Å². The molecule has 0 amide bonds. The highest BCUT2D eigenvalue weighted by molar-refractivity contribution is 5.75. The van der Waals surface area contributed by atoms with Gasteiger partial charge in [0.05, 0.1) is 12.8 Å². The van der Waals surface area contributed by atoms with Gasteiger partial charge in [-0.15, -0.1) is 0 Å². The maximum Gasteiger partial charge on any atom is 0.323 e. The van der Waals surface area contributed by atoms with E-state index in [-0.39, 0.29) is 17.9 Å². The van der Waals surface area contributed by atoms with Gasteiger partial charge >= 0.3 is 5.97 Å². The van der Waals surface area contributed by atoms with Gasteiger partial charge in [-0.05, 0) is 19.8 Å². The molecule has 0 saturated heterocycles. The monoisotopic (exact) mass is 239 g/mol. The molecular weight excluding hydrogens is 218 g/mol. The SMILES string of the molecule is COC(=O)C(NCc1c(C)n[nH]c1C)C(C)C. The van der Waals surface area contributed by atoms with Crippen molar-refractivity contribution in [3.8, 4) is 0 Å². The van der Waals surface area contributed by atoms with Crippen LogP contribution in [-0.4, -0.2) is 29.3 Å². The van der Waals surface area contributed by atoms with Gasteiger partial charge in [0, 0.05) is 17.8 Å². The van der Waals surface area contributed by atoms with E-state index < -0.39 is 0 Å². The van der Waals surface area contributed by atoms with Crippen molar-refractivity contribution in [3.05, 3.63) is 17.0 Å². The molecule has 1 heterocycles. The lowest BCUT2D eigenvalue weighted by Crippen LogP contribution is -2.41. The summed E-state index contributed by atoms with van der Waals surface area (Å²) < 4.78 is 4.78. The van der Waals surface area contributed by atoms with Crippen molar-refractivity contribution in [2.45, 2.75) is 40.3 Å². The molecule has 1 atom stereocenters. The minimum atomic E-state index is -0.284. The highest BCUT2D eigenvalue weighted by Crippen LogP contribution is 2.11. The number of H-pyrrole nitrogens is 1. The quantitative estimate of drug-likeness (QED) is 0.760. The van der Waals surface area contributed by atoms with E-state index >= 15 is 0 Å². The maximum atomic E-state index is 11.6. The molecule has 1 aromatic rings. The van der Waals surface area contributed by atoms with E-state index in [0.717, 1.165) is 17.0 Å². The van der Waals surface area contributed by atoms with Crippen LogP contribution in [0, 0.1) is 19.8 Å². The zero-order valence-corrected chi connectivity index (χ0v) is 11.1. The third-order valence-electron chi connectivity index (χ3n) is 2.90. The van der Waals surface area contributed by atoms with Gasteiger partial charge in [-0.2, -0.15) is 5.10 Å². The Bertz CT molecular complexity index is 366. The maximum absolute atomic E-state index is 11.6. The topological polar surface area (TPSA) is 67.0 Å². The molecule has 2 N–H and O–H groups in total. The van der Waals surface area contributed by atoms with Crippen LogP contribution in [0.25, 0.3) is 0 Å². The fourth-order valence-corrected chi connectivity index (χ4v) is 1.76. The van der Waals surface area contributed by atoms with E-state index in [1.165, 1.54) is 7.11 Å². The van der Waals surface area contributed by atoms with Crippen LogP contribution in [-0.2, 0) is 16.1 Å². The van der Waals surface area contributed by atoms with Crippen molar-refractivity contribution in [1.29, 1.82) is 0 Å². The summed E-state index contributed by atoms with van der Waals surface area (Å²) in [7, 11) is 1.41. The van der Waals surface area contributed by atoms with E-state index in [2.05, 4.69) is 15.5 Å². The molecule has 0 radical (unpaired) electrons. The van der Waals surface area contributed by atoms with Gasteiger partial charge in [0.25, 0.3) is 0 Å². The fourth-order valence-electron chi connectivity index (χ4n) is 1.76. The van der Waals surface area contributed by atoms with Gasteiger partial charge in [0.1, 0.15) is 6.04 Å². The molecule has 1 rings (SSSR count). The molecule has 5 nitrogen and oxygen atoms in total. The number of nitrogens with one attached hydrogen (secondary N) is 2. The van der Waals surface area contributed by atoms with Crippen molar-refractivity contribution in [1.82, 2.24) is 15.5 Å². The third kappa shape index (κ3) is 3.30. The van der Waals surface area contributed by atoms with Crippen LogP contribution in [0.2, 0.25) is 0 Å². The van der Waals surface area contributed by atoms with E-state index in [1.54, 1.807) is 0 Å². The lowest BCUT2D eigenvalue weighted by atomic mass is 10.0. The average molecular weight is 239 g/mol. The van der Waals surface area contributed by atoms with Crippen LogP contribution < -0.4 is 5.32 Å². The largest absolute Gasteiger partial charge is 0.468 e. The second kappa shape index (κ2) is 5.82. The zero-order valence-electron chi connectivity index (χ0n) is 11.1. The Morgan fingerprint density at radius 1 is 1.47 bits per heavy atom. The molecule has 0 spiro atoms. The minimum absolute atomic E-state index is 0.190. The third-order valence-corrected chi connectivity index (χ3v) is 2.90. The summed E-state index contributed by atoms with van der Waals surface area (Å²) >= 11 is 0. The molecule has 0 aliphatic carbocycles. The Hall–Kier alpha value is -1.36. The van der Waals surface area contributed by atoms with Crippen molar-refractivity contribution in [2.75, 3.05) is 7.11 Å². The second-order valence-corrected chi connectivity index (χ2v) is 4.54. The molecule has 0 saturated carbocycles. The number of carbonyl (C=O) groups excluding carboxylic acids is 1. The van der Waals surface area contributed by atoms with Crippen LogP contribution in [0.3, 0.4) is 0 Å². The Labute approximate surface area is 102 Å². The summed E-state index contributed by atoms with van der Waals surface area (Å²) in [4.78, 5) is 11.6. The molecule has 0 aliphatic heterocycles. The van der Waals surface area contributed by atoms with Gasteiger partial charge in [-0.3, -0.25) is 15.2 Å². The number of esters is 1. The standard InChI is InChI=1S/C12H21N3O2/c1-7(2)11(12(16)17-5)13-6-10-8(3)14-15-9(10)4/h7,11,13H,6H2,1-5H3,(H,14,15). The van der Waals surface area contributed by atoms with Crippen molar-refractivity contribution in [3.63, 3.8) is 0 Å². The number of nitrogens with zero attached hydrogens (tertiary/aromatic N) is 1. The summed E-state index contributed by atoms with van der Waals surface area (Å²) in [6.45, 7) is 8.52. The second-order valence-electron chi connectivity index (χ2n) is 4.54. The highest BCUT2D eigenvalue weighted by atomic mass is 16.5. The molecule has 0 bridgehead atoms. The Morgan fingerprint density at radius 2 is 2.12 bits per heavy atom. The smallest absolute Gasteiger partial charge is 0.323 e. The molecule has 0 aliphatic rings. The highest BCUT2D eigenvalue weighted by Gasteiger charge is 2.22. The summed E-state index contributed by atoms with van der Waals surface area (Å²) in [6, 6.07) is -0.284. The zero-order chi connectivity index (χ0) is 13.0. The van der Waals surface area contributed by atoms with Crippen molar-refractivity contribution in [2.24, 2.45) is 5.92 Å². The number of aryl methyl sites for hydroxylation is 2. The molecule has 1 unspecified atom stereocenters. The predicted molar refractivity (Wildman–Crippen MR) is 65.5 cm³/mol. The minimum Gasteiger partial charge on any atom is -0.468 e. The van der Waals surface area contributed by atoms with Crippen molar-refractivity contribution >= 4 is 5.97 Å². The molecule has 0 aromatic carbocycles. The van der Waals surface area contributed by atoms with Gasteiger partial charge in [0.2, 0.25) is 0 Å². The fraction of sp³-hybridized carbons (Fsp3) is 0.667. The Morgan fingerprint density at radius 3 is 2.53 bits per heavy atom. The van der Waals surface area contributed by atoms with E-state index in [0.29, 0.717) is 6.54 Å². The molecule has 96 valence electrons. The Balaban J connectivity index is 2.67. The van der Waals surface area contributed by atoms with Gasteiger partial charge < -0.3 is 4.74 Å². The van der Waals surface area contributed by atoms with Crippen LogP contribution in [0.1, 0.15) is 30.8 Å². The number of rotatable bonds is 5. The number of aromatic amines is 1. The number of methoxy groups -OCH3 is 1. The summed E-state index contributed by atoms with van der Waals surface area (Å²) in [5.41, 5.74) is 3.10. The first-order valence-corrected chi connectivity index (χ1v) is 5.79. The number of hydrogen-bond donors (Lipinski definition) is 2. The first-order chi connectivity index (χ1) is 7.97. The number of carbonyl (C=O) groups is 1. The number of hydrogen-bond acceptors (Lipinski definition) is 4. The summed E-state index contributed by atoms with van der Waals surface area (Å²) in [6.07, 6.45) is 0. The van der Waals surface area contributed by atoms with Gasteiger partial charge in [-0.1, -0.05) is 13.8 Å². The number of ether oxygens (including phenoxy) is 1. The molecule has 5 heteroatoms. The van der Waals surface area contributed by atoms with E-state index in [9.17, 15) is 4.79 Å². The normalized spacial score (nSPS) is 12.8. The first-order valence-electron chi connectivity index (χ1n) is 5.79. The predicted octanol–water partition coefficient (Wildman–Crippen LogP) is 1.31. The van der Waals surface area contributed by atoms with Crippen LogP contribution in [0.15, 0.2) is 0 Å². The summed E-state index contributed by atoms with van der Waals surface area (Å²) in [5.74, 6) is -0.0336. The lowest BCUT2D eigenvalue weighted by molar-refractivity contribution is -0.144. The average Bonchev–Trinajstić information content (AvgIpc) is 2.59. The Kier molecular flexibility index (Phi) is 4.69. The van der Waals surface area contributed by atoms with Crippen LogP contribution >= 0.6 is 0 Å². The lowest BCUT2D eigenvalue weighted by Gasteiger charge is -2.19. The molecule has 1 aromatic heterocycles. The first kappa shape index (κ1) is 13.7. The van der Waals surface area contributed by atoms with Crippen molar-refractivity contribution < 1.29 is 9.53 Å². The molecule has 0 fully saturated rings. The number of aromatic nitrogens is 2. The molecular formula is C12H21N3O2. The van der Waals surface area contributed by atoms with Crippen LogP contribution in [0.4, 0.5) is 0 Å². The summed E-state index contributed by atoms with van der Waals surface area (Å²) in [5, 5.41) is 10.3.